The summed E-state index contributed by atoms with van der Waals surface area (Å²) < 4.78 is 0.798. The molecule has 28 heavy (non-hydrogen) atoms. The van der Waals surface area contributed by atoms with Crippen molar-refractivity contribution >= 4 is 33.4 Å². The van der Waals surface area contributed by atoms with Gasteiger partial charge in [-0.3, -0.25) is 14.4 Å². The standard InChI is InChI=1S/C22H23BrN2O3/c1-12-8-13(2)19(14(3)9-12)20-18(26)10-15(21(20)27)6-7-24-22(28)17-5-4-16(23)11-25-17/h4-5,8-9,11,15,20H,6-7,10H2,1-3H3,(H,24,28)/t15-,20?/m1/s1. The van der Waals surface area contributed by atoms with Gasteiger partial charge in [-0.25, -0.2) is 4.98 Å². The summed E-state index contributed by atoms with van der Waals surface area (Å²) in [5.41, 5.74) is 4.27. The predicted molar refractivity (Wildman–Crippen MR) is 110 cm³/mol. The Morgan fingerprint density at radius 2 is 1.86 bits per heavy atom. The van der Waals surface area contributed by atoms with Crippen molar-refractivity contribution in [2.24, 2.45) is 5.92 Å². The Morgan fingerprint density at radius 1 is 1.18 bits per heavy atom. The molecule has 0 aliphatic heterocycles. The Hall–Kier alpha value is -2.34. The second-order valence-electron chi connectivity index (χ2n) is 7.42. The molecule has 1 N–H and O–H groups in total. The van der Waals surface area contributed by atoms with E-state index in [0.29, 0.717) is 18.7 Å². The maximum Gasteiger partial charge on any atom is 0.269 e. The molecule has 1 fully saturated rings. The van der Waals surface area contributed by atoms with E-state index >= 15 is 0 Å². The first-order valence-corrected chi connectivity index (χ1v) is 10.1. The number of rotatable bonds is 5. The van der Waals surface area contributed by atoms with E-state index in [1.54, 1.807) is 18.3 Å². The van der Waals surface area contributed by atoms with E-state index in [4.69, 9.17) is 0 Å². The summed E-state index contributed by atoms with van der Waals surface area (Å²) >= 11 is 3.28. The van der Waals surface area contributed by atoms with Crippen LogP contribution in [0.3, 0.4) is 0 Å². The molecule has 0 spiro atoms. The largest absolute Gasteiger partial charge is 0.351 e. The smallest absolute Gasteiger partial charge is 0.269 e. The number of ketones is 2. The maximum absolute atomic E-state index is 12.9. The van der Waals surface area contributed by atoms with Crippen molar-refractivity contribution in [3.63, 3.8) is 0 Å². The average molecular weight is 443 g/mol. The van der Waals surface area contributed by atoms with Gasteiger partial charge < -0.3 is 5.32 Å². The van der Waals surface area contributed by atoms with Crippen molar-refractivity contribution in [1.82, 2.24) is 10.3 Å². The van der Waals surface area contributed by atoms with E-state index in [9.17, 15) is 14.4 Å². The molecule has 0 bridgehead atoms. The summed E-state index contributed by atoms with van der Waals surface area (Å²) in [5.74, 6) is -1.36. The monoisotopic (exact) mass is 442 g/mol. The fourth-order valence-electron chi connectivity index (χ4n) is 4.01. The first-order chi connectivity index (χ1) is 13.3. The number of nitrogens with zero attached hydrogens (tertiary/aromatic N) is 1. The Balaban J connectivity index is 1.64. The van der Waals surface area contributed by atoms with Crippen LogP contribution in [0.1, 0.15) is 51.5 Å². The van der Waals surface area contributed by atoms with E-state index in [1.807, 2.05) is 32.9 Å². The lowest BCUT2D eigenvalue weighted by Gasteiger charge is -2.16. The number of aryl methyl sites for hydroxylation is 3. The minimum absolute atomic E-state index is 0.0223. The third kappa shape index (κ3) is 4.22. The summed E-state index contributed by atoms with van der Waals surface area (Å²) in [6, 6.07) is 7.41. The van der Waals surface area contributed by atoms with Crippen LogP contribution in [0.25, 0.3) is 0 Å². The molecular weight excluding hydrogens is 420 g/mol. The zero-order chi connectivity index (χ0) is 20.4. The molecule has 1 unspecified atom stereocenters. The first-order valence-electron chi connectivity index (χ1n) is 9.32. The number of hydrogen-bond acceptors (Lipinski definition) is 4. The number of aromatic nitrogens is 1. The summed E-state index contributed by atoms with van der Waals surface area (Å²) in [7, 11) is 0. The molecule has 2 aromatic rings. The number of carbonyl (C=O) groups is 3. The van der Waals surface area contributed by atoms with Crippen molar-refractivity contribution in [1.29, 1.82) is 0 Å². The van der Waals surface area contributed by atoms with Gasteiger partial charge in [-0.1, -0.05) is 17.7 Å². The summed E-state index contributed by atoms with van der Waals surface area (Å²) in [4.78, 5) is 41.7. The Kier molecular flexibility index (Phi) is 6.08. The van der Waals surface area contributed by atoms with Crippen molar-refractivity contribution in [3.8, 4) is 0 Å². The second kappa shape index (κ2) is 8.35. The molecule has 1 aliphatic rings. The molecular formula is C22H23BrN2O3. The number of Topliss-reactive ketones (excluding diaryl/α,β-unsaturated/α-hetero) is 2. The zero-order valence-corrected chi connectivity index (χ0v) is 17.8. The fraction of sp³-hybridized carbons (Fsp3) is 0.364. The van der Waals surface area contributed by atoms with Gasteiger partial charge >= 0.3 is 0 Å². The van der Waals surface area contributed by atoms with Gasteiger partial charge in [0.2, 0.25) is 0 Å². The molecule has 1 aliphatic carbocycles. The van der Waals surface area contributed by atoms with Crippen LogP contribution in [0.4, 0.5) is 0 Å². The van der Waals surface area contributed by atoms with Gasteiger partial charge in [0.1, 0.15) is 17.4 Å². The Labute approximate surface area is 173 Å². The van der Waals surface area contributed by atoms with Crippen LogP contribution in [0, 0.1) is 26.7 Å². The minimum Gasteiger partial charge on any atom is -0.351 e. The van der Waals surface area contributed by atoms with Crippen molar-refractivity contribution in [3.05, 3.63) is 62.9 Å². The number of hydrogen-bond donors (Lipinski definition) is 1. The number of carbonyl (C=O) groups excluding carboxylic acids is 3. The van der Waals surface area contributed by atoms with Crippen LogP contribution in [0.5, 0.6) is 0 Å². The van der Waals surface area contributed by atoms with Crippen LogP contribution in [0.2, 0.25) is 0 Å². The second-order valence-corrected chi connectivity index (χ2v) is 8.34. The SMILES string of the molecule is Cc1cc(C)c(C2C(=O)C[C@@H](CCNC(=O)c3ccc(Br)cn3)C2=O)c(C)c1. The maximum atomic E-state index is 12.9. The Morgan fingerprint density at radius 3 is 2.46 bits per heavy atom. The van der Waals surface area contributed by atoms with Crippen LogP contribution < -0.4 is 5.32 Å². The van der Waals surface area contributed by atoms with Crippen molar-refractivity contribution in [2.45, 2.75) is 39.5 Å². The molecule has 0 saturated heterocycles. The Bertz CT molecular complexity index is 914. The average Bonchev–Trinajstić information content (AvgIpc) is 2.89. The molecule has 1 heterocycles. The van der Waals surface area contributed by atoms with Gasteiger partial charge in [-0.05, 0) is 71.9 Å². The van der Waals surface area contributed by atoms with Gasteiger partial charge in [0, 0.05) is 29.6 Å². The quantitative estimate of drug-likeness (QED) is 0.713. The number of benzene rings is 1. The molecule has 3 rings (SSSR count). The number of halogens is 1. The number of amides is 1. The van der Waals surface area contributed by atoms with E-state index in [2.05, 4.69) is 26.2 Å². The topological polar surface area (TPSA) is 76.1 Å². The van der Waals surface area contributed by atoms with Gasteiger partial charge in [-0.2, -0.15) is 0 Å². The predicted octanol–water partition coefficient (Wildman–Crippen LogP) is 3.83. The third-order valence-electron chi connectivity index (χ3n) is 5.22. The normalized spacial score (nSPS) is 19.1. The summed E-state index contributed by atoms with van der Waals surface area (Å²) in [6.07, 6.45) is 2.25. The van der Waals surface area contributed by atoms with E-state index in [1.165, 1.54) is 0 Å². The molecule has 0 radical (unpaired) electrons. The van der Waals surface area contributed by atoms with Crippen LogP contribution in [-0.2, 0) is 9.59 Å². The highest BCUT2D eigenvalue weighted by Gasteiger charge is 2.42. The molecule has 1 amide bonds. The first kappa shape index (κ1) is 20.4. The van der Waals surface area contributed by atoms with E-state index < -0.39 is 5.92 Å². The molecule has 1 aromatic carbocycles. The zero-order valence-electron chi connectivity index (χ0n) is 16.2. The summed E-state index contributed by atoms with van der Waals surface area (Å²) in [6.45, 7) is 6.25. The minimum atomic E-state index is -0.672. The van der Waals surface area contributed by atoms with Gasteiger partial charge in [0.25, 0.3) is 5.91 Å². The van der Waals surface area contributed by atoms with Crippen molar-refractivity contribution < 1.29 is 14.4 Å². The van der Waals surface area contributed by atoms with Gasteiger partial charge in [0.15, 0.2) is 5.78 Å². The lowest BCUT2D eigenvalue weighted by Crippen LogP contribution is -2.28. The van der Waals surface area contributed by atoms with Crippen molar-refractivity contribution in [2.75, 3.05) is 6.54 Å². The number of nitrogens with one attached hydrogen (secondary N) is 1. The molecule has 2 atom stereocenters. The third-order valence-corrected chi connectivity index (χ3v) is 5.69. The number of pyridine rings is 1. The highest BCUT2D eigenvalue weighted by molar-refractivity contribution is 9.10. The molecule has 1 aromatic heterocycles. The molecule has 1 saturated carbocycles. The van der Waals surface area contributed by atoms with E-state index in [0.717, 1.165) is 26.7 Å². The fourth-order valence-corrected chi connectivity index (χ4v) is 4.24. The summed E-state index contributed by atoms with van der Waals surface area (Å²) in [5, 5.41) is 2.79. The van der Waals surface area contributed by atoms with Crippen LogP contribution >= 0.6 is 15.9 Å². The van der Waals surface area contributed by atoms with Crippen LogP contribution in [0.15, 0.2) is 34.9 Å². The van der Waals surface area contributed by atoms with Crippen LogP contribution in [-0.4, -0.2) is 29.0 Å². The highest BCUT2D eigenvalue weighted by atomic mass is 79.9. The van der Waals surface area contributed by atoms with Gasteiger partial charge in [-0.15, -0.1) is 0 Å². The molecule has 6 heteroatoms. The van der Waals surface area contributed by atoms with Gasteiger partial charge in [0.05, 0.1) is 0 Å². The highest BCUT2D eigenvalue weighted by Crippen LogP contribution is 2.37. The molecule has 5 nitrogen and oxygen atoms in total. The molecule has 146 valence electrons. The lowest BCUT2D eigenvalue weighted by molar-refractivity contribution is -0.124. The lowest BCUT2D eigenvalue weighted by atomic mass is 9.86. The van der Waals surface area contributed by atoms with E-state index in [-0.39, 0.29) is 29.8 Å².